The highest BCUT2D eigenvalue weighted by Crippen LogP contribution is 2.37. The van der Waals surface area contributed by atoms with Gasteiger partial charge in [-0.1, -0.05) is 29.3 Å². The number of amides is 2. The van der Waals surface area contributed by atoms with Gasteiger partial charge in [-0.2, -0.15) is 0 Å². The van der Waals surface area contributed by atoms with Gasteiger partial charge in [0.25, 0.3) is 11.8 Å². The van der Waals surface area contributed by atoms with Crippen LogP contribution in [0.2, 0.25) is 10.0 Å². The zero-order valence-electron chi connectivity index (χ0n) is 9.43. The summed E-state index contributed by atoms with van der Waals surface area (Å²) in [6.45, 7) is 0. The Morgan fingerprint density at radius 1 is 0.947 bits per heavy atom. The second kappa shape index (κ2) is 4.33. The topological polar surface area (TPSA) is 50.3 Å². The minimum atomic E-state index is -0.469. The molecule has 0 saturated carbocycles. The number of hydrogen-bond donors (Lipinski definition) is 0. The van der Waals surface area contributed by atoms with Crippen LogP contribution in [-0.4, -0.2) is 16.8 Å². The highest BCUT2D eigenvalue weighted by atomic mass is 35.5. The van der Waals surface area contributed by atoms with Gasteiger partial charge in [0.05, 0.1) is 26.9 Å². The molecule has 19 heavy (non-hydrogen) atoms. The minimum absolute atomic E-state index is 0.206. The number of anilines is 1. The van der Waals surface area contributed by atoms with Crippen LogP contribution in [-0.2, 0) is 0 Å². The lowest BCUT2D eigenvalue weighted by molar-refractivity contribution is 0.0926. The Morgan fingerprint density at radius 2 is 1.58 bits per heavy atom. The highest BCUT2D eigenvalue weighted by molar-refractivity contribution is 6.44. The Hall–Kier alpha value is -1.91. The molecule has 0 atom stereocenters. The fourth-order valence-electron chi connectivity index (χ4n) is 1.99. The van der Waals surface area contributed by atoms with Gasteiger partial charge in [-0.25, -0.2) is 4.90 Å². The molecule has 2 amide bonds. The number of carbonyl (C=O) groups is 2. The maximum atomic E-state index is 12.3. The summed E-state index contributed by atoms with van der Waals surface area (Å²) < 4.78 is 0. The van der Waals surface area contributed by atoms with E-state index < -0.39 is 11.8 Å². The van der Waals surface area contributed by atoms with E-state index >= 15 is 0 Å². The number of benzene rings is 1. The van der Waals surface area contributed by atoms with Gasteiger partial charge < -0.3 is 0 Å². The Balaban J connectivity index is 2.20. The van der Waals surface area contributed by atoms with E-state index in [1.807, 2.05) is 0 Å². The van der Waals surface area contributed by atoms with Gasteiger partial charge in [0, 0.05) is 12.4 Å². The average molecular weight is 293 g/mol. The number of aromatic nitrogens is 1. The Bertz CT molecular complexity index is 660. The van der Waals surface area contributed by atoms with E-state index in [1.54, 1.807) is 18.2 Å². The molecule has 2 heterocycles. The summed E-state index contributed by atoms with van der Waals surface area (Å²) >= 11 is 12.1. The molecule has 1 aliphatic rings. The molecular formula is C13H6Cl2N2O2. The van der Waals surface area contributed by atoms with Crippen LogP contribution in [0.25, 0.3) is 0 Å². The first-order chi connectivity index (χ1) is 9.11. The molecule has 0 saturated heterocycles. The van der Waals surface area contributed by atoms with Crippen molar-refractivity contribution in [3.05, 3.63) is 57.8 Å². The smallest absolute Gasteiger partial charge is 0.267 e. The molecule has 1 aromatic heterocycles. The van der Waals surface area contributed by atoms with Crippen molar-refractivity contribution in [3.8, 4) is 0 Å². The van der Waals surface area contributed by atoms with E-state index in [2.05, 4.69) is 4.98 Å². The van der Waals surface area contributed by atoms with Gasteiger partial charge in [-0.05, 0) is 18.2 Å². The lowest BCUT2D eigenvalue weighted by Crippen LogP contribution is -2.29. The Morgan fingerprint density at radius 3 is 2.21 bits per heavy atom. The van der Waals surface area contributed by atoms with Gasteiger partial charge in [-0.3, -0.25) is 14.6 Å². The quantitative estimate of drug-likeness (QED) is 0.759. The molecule has 0 aliphatic carbocycles. The SMILES string of the molecule is O=C1c2ccncc2C(=O)N1c1c(Cl)cccc1Cl. The zero-order valence-corrected chi connectivity index (χ0v) is 10.9. The van der Waals surface area contributed by atoms with Crippen LogP contribution < -0.4 is 4.90 Å². The molecule has 6 heteroatoms. The van der Waals surface area contributed by atoms with Crippen molar-refractivity contribution in [2.45, 2.75) is 0 Å². The normalized spacial score (nSPS) is 13.9. The summed E-state index contributed by atoms with van der Waals surface area (Å²) in [7, 11) is 0. The van der Waals surface area contributed by atoms with Crippen LogP contribution in [0.15, 0.2) is 36.7 Å². The number of nitrogens with zero attached hydrogens (tertiary/aromatic N) is 2. The average Bonchev–Trinajstić information content (AvgIpc) is 2.64. The number of pyridine rings is 1. The summed E-state index contributed by atoms with van der Waals surface area (Å²) in [5, 5.41) is 0.491. The van der Waals surface area contributed by atoms with Crippen molar-refractivity contribution in [1.82, 2.24) is 4.98 Å². The summed E-state index contributed by atoms with van der Waals surface area (Å²) in [6, 6.07) is 6.29. The van der Waals surface area contributed by atoms with Crippen LogP contribution >= 0.6 is 23.2 Å². The van der Waals surface area contributed by atoms with E-state index in [0.29, 0.717) is 5.56 Å². The molecule has 0 N–H and O–H groups in total. The Kier molecular flexibility index (Phi) is 2.77. The summed E-state index contributed by atoms with van der Waals surface area (Å²) in [4.78, 5) is 29.4. The van der Waals surface area contributed by atoms with Crippen molar-refractivity contribution >= 4 is 40.7 Å². The molecule has 0 bridgehead atoms. The molecule has 94 valence electrons. The van der Waals surface area contributed by atoms with Crippen molar-refractivity contribution in [2.24, 2.45) is 0 Å². The molecule has 0 fully saturated rings. The van der Waals surface area contributed by atoms with E-state index in [9.17, 15) is 9.59 Å². The number of halogens is 2. The first kappa shape index (κ1) is 12.1. The standard InChI is InChI=1S/C13H6Cl2N2O2/c14-9-2-1-3-10(15)11(9)17-12(18)7-4-5-16-6-8(7)13(17)19/h1-6H. The highest BCUT2D eigenvalue weighted by Gasteiger charge is 2.38. The number of imide groups is 1. The zero-order chi connectivity index (χ0) is 13.6. The third-order valence-electron chi connectivity index (χ3n) is 2.85. The molecular weight excluding hydrogens is 287 g/mol. The number of fused-ring (bicyclic) bond motifs is 1. The van der Waals surface area contributed by atoms with Crippen molar-refractivity contribution in [3.63, 3.8) is 0 Å². The van der Waals surface area contributed by atoms with Crippen LogP contribution in [0.3, 0.4) is 0 Å². The molecule has 3 rings (SSSR count). The number of hydrogen-bond acceptors (Lipinski definition) is 3. The van der Waals surface area contributed by atoms with Crippen LogP contribution in [0.1, 0.15) is 20.7 Å². The van der Waals surface area contributed by atoms with E-state index in [0.717, 1.165) is 4.90 Å². The van der Waals surface area contributed by atoms with Crippen molar-refractivity contribution < 1.29 is 9.59 Å². The molecule has 1 aliphatic heterocycles. The number of carbonyl (C=O) groups excluding carboxylic acids is 2. The predicted molar refractivity (Wildman–Crippen MR) is 71.8 cm³/mol. The fourth-order valence-corrected chi connectivity index (χ4v) is 2.56. The van der Waals surface area contributed by atoms with Gasteiger partial charge >= 0.3 is 0 Å². The van der Waals surface area contributed by atoms with E-state index in [-0.39, 0.29) is 21.3 Å². The van der Waals surface area contributed by atoms with E-state index in [1.165, 1.54) is 18.5 Å². The number of para-hydroxylation sites is 1. The van der Waals surface area contributed by atoms with Crippen LogP contribution in [0.4, 0.5) is 5.69 Å². The lowest BCUT2D eigenvalue weighted by Gasteiger charge is -2.16. The van der Waals surface area contributed by atoms with Gasteiger partial charge in [0.15, 0.2) is 0 Å². The van der Waals surface area contributed by atoms with Gasteiger partial charge in [-0.15, -0.1) is 0 Å². The van der Waals surface area contributed by atoms with Crippen LogP contribution in [0.5, 0.6) is 0 Å². The second-order valence-corrected chi connectivity index (χ2v) is 4.75. The predicted octanol–water partition coefficient (Wildman–Crippen LogP) is 3.19. The monoisotopic (exact) mass is 292 g/mol. The largest absolute Gasteiger partial charge is 0.268 e. The summed E-state index contributed by atoms with van der Waals surface area (Å²) in [5.41, 5.74) is 0.761. The summed E-state index contributed by atoms with van der Waals surface area (Å²) in [5.74, 6) is -0.916. The molecule has 2 aromatic rings. The molecule has 1 aromatic carbocycles. The molecule has 4 nitrogen and oxygen atoms in total. The summed E-state index contributed by atoms with van der Waals surface area (Å²) in [6.07, 6.45) is 2.82. The maximum Gasteiger partial charge on any atom is 0.267 e. The third kappa shape index (κ3) is 1.72. The Labute approximate surface area is 118 Å². The number of rotatable bonds is 1. The lowest BCUT2D eigenvalue weighted by atomic mass is 10.2. The first-order valence-corrected chi connectivity index (χ1v) is 6.13. The van der Waals surface area contributed by atoms with Gasteiger partial charge in [0.2, 0.25) is 0 Å². The third-order valence-corrected chi connectivity index (χ3v) is 3.46. The second-order valence-electron chi connectivity index (χ2n) is 3.94. The molecule has 0 spiro atoms. The fraction of sp³-hybridized carbons (Fsp3) is 0. The van der Waals surface area contributed by atoms with Crippen molar-refractivity contribution in [2.75, 3.05) is 4.90 Å². The minimum Gasteiger partial charge on any atom is -0.268 e. The van der Waals surface area contributed by atoms with Crippen molar-refractivity contribution in [1.29, 1.82) is 0 Å². The first-order valence-electron chi connectivity index (χ1n) is 5.38. The maximum absolute atomic E-state index is 12.3. The van der Waals surface area contributed by atoms with E-state index in [4.69, 9.17) is 23.2 Å². The molecule has 0 unspecified atom stereocenters. The van der Waals surface area contributed by atoms with Crippen LogP contribution in [0, 0.1) is 0 Å². The van der Waals surface area contributed by atoms with Gasteiger partial charge in [0.1, 0.15) is 0 Å². The molecule has 0 radical (unpaired) electrons.